The van der Waals surface area contributed by atoms with Crippen LogP contribution in [0.4, 0.5) is 5.69 Å². The van der Waals surface area contributed by atoms with Crippen LogP contribution in [0.1, 0.15) is 0 Å². The van der Waals surface area contributed by atoms with E-state index in [0.717, 1.165) is 0 Å². The van der Waals surface area contributed by atoms with Gasteiger partial charge in [0.25, 0.3) is 0 Å². The van der Waals surface area contributed by atoms with Crippen molar-refractivity contribution in [2.45, 2.75) is 12.2 Å². The van der Waals surface area contributed by atoms with Crippen molar-refractivity contribution >= 4 is 17.5 Å². The van der Waals surface area contributed by atoms with Gasteiger partial charge in [0.1, 0.15) is 5.75 Å². The number of carbonyl (C=O) groups is 2. The van der Waals surface area contributed by atoms with Crippen LogP contribution >= 0.6 is 0 Å². The van der Waals surface area contributed by atoms with Gasteiger partial charge in [0.05, 0.1) is 36.8 Å². The molecule has 2 bridgehead atoms. The van der Waals surface area contributed by atoms with Crippen molar-refractivity contribution in [2.75, 3.05) is 12.0 Å². The minimum atomic E-state index is -0.387. The average molecular weight is 271 g/mol. The Morgan fingerprint density at radius 3 is 2.25 bits per heavy atom. The third kappa shape index (κ3) is 1.30. The number of ether oxygens (including phenoxy) is 2. The normalized spacial score (nSPS) is 34.0. The maximum absolute atomic E-state index is 12.6. The fourth-order valence-corrected chi connectivity index (χ4v) is 3.36. The lowest BCUT2D eigenvalue weighted by Gasteiger charge is -2.19. The van der Waals surface area contributed by atoms with Crippen molar-refractivity contribution in [3.63, 3.8) is 0 Å². The summed E-state index contributed by atoms with van der Waals surface area (Å²) >= 11 is 0. The van der Waals surface area contributed by atoms with Crippen LogP contribution in [0.3, 0.4) is 0 Å². The highest BCUT2D eigenvalue weighted by atomic mass is 16.5. The molecule has 102 valence electrons. The Morgan fingerprint density at radius 1 is 1.05 bits per heavy atom. The molecule has 4 rings (SSSR count). The number of imide groups is 1. The summed E-state index contributed by atoms with van der Waals surface area (Å²) in [7, 11) is 1.53. The van der Waals surface area contributed by atoms with E-state index in [4.69, 9.17) is 9.47 Å². The molecule has 3 aliphatic rings. The highest BCUT2D eigenvalue weighted by molar-refractivity contribution is 6.23. The predicted molar refractivity (Wildman–Crippen MR) is 70.3 cm³/mol. The summed E-state index contributed by atoms with van der Waals surface area (Å²) in [5.74, 6) is -0.636. The SMILES string of the molecule is COc1ccccc1N1C(=O)[C@H]2[C@H](C1=O)[C@H]1C=C[C@H]2O1. The minimum Gasteiger partial charge on any atom is -0.495 e. The number of methoxy groups -OCH3 is 1. The first-order valence-electron chi connectivity index (χ1n) is 6.57. The summed E-state index contributed by atoms with van der Waals surface area (Å²) in [6.45, 7) is 0. The lowest BCUT2D eigenvalue weighted by atomic mass is 9.85. The molecule has 2 fully saturated rings. The number of para-hydroxylation sites is 2. The third-order valence-corrected chi connectivity index (χ3v) is 4.24. The number of nitrogens with zero attached hydrogens (tertiary/aromatic N) is 1. The van der Waals surface area contributed by atoms with Crippen molar-refractivity contribution in [3.05, 3.63) is 36.4 Å². The van der Waals surface area contributed by atoms with Crippen LogP contribution in [0.25, 0.3) is 0 Å². The first-order chi connectivity index (χ1) is 9.72. The number of carbonyl (C=O) groups excluding carboxylic acids is 2. The number of anilines is 1. The second-order valence-electron chi connectivity index (χ2n) is 5.19. The maximum Gasteiger partial charge on any atom is 0.240 e. The van der Waals surface area contributed by atoms with Crippen molar-refractivity contribution in [1.29, 1.82) is 0 Å². The Bertz CT molecular complexity index is 609. The zero-order valence-electron chi connectivity index (χ0n) is 10.9. The molecule has 1 aromatic rings. The highest BCUT2D eigenvalue weighted by Crippen LogP contribution is 2.47. The molecule has 1 aromatic carbocycles. The Hall–Kier alpha value is -2.14. The second kappa shape index (κ2) is 3.93. The monoisotopic (exact) mass is 271 g/mol. The Morgan fingerprint density at radius 2 is 1.65 bits per heavy atom. The van der Waals surface area contributed by atoms with Gasteiger partial charge in [-0.1, -0.05) is 24.3 Å². The molecule has 2 saturated heterocycles. The first kappa shape index (κ1) is 11.7. The molecule has 4 atom stereocenters. The van der Waals surface area contributed by atoms with Gasteiger partial charge in [-0.25, -0.2) is 4.90 Å². The average Bonchev–Trinajstić information content (AvgIpc) is 3.13. The molecule has 3 aliphatic heterocycles. The van der Waals surface area contributed by atoms with E-state index >= 15 is 0 Å². The molecule has 20 heavy (non-hydrogen) atoms. The summed E-state index contributed by atoms with van der Waals surface area (Å²) < 4.78 is 10.9. The molecule has 5 nitrogen and oxygen atoms in total. The summed E-state index contributed by atoms with van der Waals surface area (Å²) in [5.41, 5.74) is 0.513. The standard InChI is InChI=1S/C15H13NO4/c1-19-9-5-3-2-4-8(9)16-14(17)12-10-6-7-11(20-10)13(12)15(16)18/h2-7,10-13H,1H3/t10-,11-,12-,13-/m1/s1. The number of hydrogen-bond acceptors (Lipinski definition) is 4. The second-order valence-corrected chi connectivity index (χ2v) is 5.19. The molecule has 5 heteroatoms. The topological polar surface area (TPSA) is 55.8 Å². The molecule has 0 spiro atoms. The molecule has 3 heterocycles. The van der Waals surface area contributed by atoms with Crippen molar-refractivity contribution < 1.29 is 19.1 Å². The van der Waals surface area contributed by atoms with Crippen molar-refractivity contribution in [2.24, 2.45) is 11.8 Å². The van der Waals surface area contributed by atoms with E-state index in [9.17, 15) is 9.59 Å². The maximum atomic E-state index is 12.6. The first-order valence-corrected chi connectivity index (χ1v) is 6.57. The van der Waals surface area contributed by atoms with Crippen LogP contribution in [-0.4, -0.2) is 31.1 Å². The van der Waals surface area contributed by atoms with Crippen LogP contribution in [0.15, 0.2) is 36.4 Å². The number of fused-ring (bicyclic) bond motifs is 5. The minimum absolute atomic E-state index is 0.193. The number of amides is 2. The molecule has 0 N–H and O–H groups in total. The van der Waals surface area contributed by atoms with Gasteiger partial charge >= 0.3 is 0 Å². The van der Waals surface area contributed by atoms with Gasteiger partial charge in [-0.3, -0.25) is 9.59 Å². The van der Waals surface area contributed by atoms with Gasteiger partial charge in [-0.15, -0.1) is 0 Å². The van der Waals surface area contributed by atoms with Gasteiger partial charge < -0.3 is 9.47 Å². The van der Waals surface area contributed by atoms with Crippen LogP contribution in [-0.2, 0) is 14.3 Å². The van der Waals surface area contributed by atoms with E-state index in [0.29, 0.717) is 11.4 Å². The number of rotatable bonds is 2. The van der Waals surface area contributed by atoms with Gasteiger partial charge in [0, 0.05) is 0 Å². The largest absolute Gasteiger partial charge is 0.495 e. The Balaban J connectivity index is 1.78. The smallest absolute Gasteiger partial charge is 0.240 e. The quantitative estimate of drug-likeness (QED) is 0.598. The molecule has 0 radical (unpaired) electrons. The predicted octanol–water partition coefficient (Wildman–Crippen LogP) is 1.14. The van der Waals surface area contributed by atoms with Crippen molar-refractivity contribution in [3.8, 4) is 5.75 Å². The zero-order valence-corrected chi connectivity index (χ0v) is 10.9. The van der Waals surface area contributed by atoms with E-state index in [1.54, 1.807) is 18.2 Å². The lowest BCUT2D eigenvalue weighted by Crippen LogP contribution is -2.34. The molecule has 0 aromatic heterocycles. The Labute approximate surface area is 115 Å². The van der Waals surface area contributed by atoms with Crippen molar-refractivity contribution in [1.82, 2.24) is 0 Å². The van der Waals surface area contributed by atoms with Crippen LogP contribution in [0, 0.1) is 11.8 Å². The highest BCUT2D eigenvalue weighted by Gasteiger charge is 2.61. The van der Waals surface area contributed by atoms with Gasteiger partial charge in [-0.2, -0.15) is 0 Å². The molecule has 0 aliphatic carbocycles. The molecular weight excluding hydrogens is 258 g/mol. The van der Waals surface area contributed by atoms with E-state index in [1.165, 1.54) is 12.0 Å². The molecule has 0 unspecified atom stereocenters. The van der Waals surface area contributed by atoms with Gasteiger partial charge in [0.15, 0.2) is 0 Å². The fraction of sp³-hybridized carbons (Fsp3) is 0.333. The summed E-state index contributed by atoms with van der Waals surface area (Å²) in [6.07, 6.45) is 3.23. The van der Waals surface area contributed by atoms with E-state index < -0.39 is 0 Å². The van der Waals surface area contributed by atoms with Crippen LogP contribution in [0.5, 0.6) is 5.75 Å². The molecular formula is C15H13NO4. The molecule has 2 amide bonds. The Kier molecular flexibility index (Phi) is 2.29. The van der Waals surface area contributed by atoms with Crippen LogP contribution < -0.4 is 9.64 Å². The van der Waals surface area contributed by atoms with Gasteiger partial charge in [-0.05, 0) is 12.1 Å². The van der Waals surface area contributed by atoms with Gasteiger partial charge in [0.2, 0.25) is 11.8 Å². The summed E-state index contributed by atoms with van der Waals surface area (Å²) in [5, 5.41) is 0. The number of benzene rings is 1. The lowest BCUT2D eigenvalue weighted by molar-refractivity contribution is -0.124. The fourth-order valence-electron chi connectivity index (χ4n) is 3.36. The van der Waals surface area contributed by atoms with Crippen LogP contribution in [0.2, 0.25) is 0 Å². The van der Waals surface area contributed by atoms with E-state index in [2.05, 4.69) is 0 Å². The zero-order chi connectivity index (χ0) is 13.9. The summed E-state index contributed by atoms with van der Waals surface area (Å²) in [4.78, 5) is 26.4. The third-order valence-electron chi connectivity index (χ3n) is 4.24. The number of hydrogen-bond donors (Lipinski definition) is 0. The molecule has 0 saturated carbocycles. The summed E-state index contributed by atoms with van der Waals surface area (Å²) in [6, 6.07) is 7.07. The van der Waals surface area contributed by atoms with E-state index in [-0.39, 0.29) is 35.9 Å². The van der Waals surface area contributed by atoms with E-state index in [1.807, 2.05) is 18.2 Å².